The molecule has 112 valence electrons. The van der Waals surface area contributed by atoms with Crippen LogP contribution in [0, 0.1) is 16.3 Å². The van der Waals surface area contributed by atoms with Gasteiger partial charge in [-0.25, -0.2) is 9.18 Å². The summed E-state index contributed by atoms with van der Waals surface area (Å²) in [4.78, 5) is 24.6. The van der Waals surface area contributed by atoms with Crippen molar-refractivity contribution in [3.63, 3.8) is 0 Å². The number of nitrogens with zero attached hydrogens (tertiary/aromatic N) is 2. The van der Waals surface area contributed by atoms with E-state index in [0.29, 0.717) is 10.1 Å². The monoisotopic (exact) mass is 402 g/mol. The first kappa shape index (κ1) is 15.9. The quantitative estimate of drug-likeness (QED) is 0.738. The molecular formula is C15H16FIN2O2. The summed E-state index contributed by atoms with van der Waals surface area (Å²) in [6.07, 6.45) is 2.40. The van der Waals surface area contributed by atoms with Crippen molar-refractivity contribution in [3.8, 4) is 0 Å². The highest BCUT2D eigenvalue weighted by molar-refractivity contribution is 14.1. The molecule has 0 aliphatic carbocycles. The van der Waals surface area contributed by atoms with Crippen LogP contribution in [0.1, 0.15) is 24.5 Å². The van der Waals surface area contributed by atoms with Crippen molar-refractivity contribution in [3.05, 3.63) is 65.7 Å². The van der Waals surface area contributed by atoms with E-state index in [9.17, 15) is 14.0 Å². The van der Waals surface area contributed by atoms with Crippen LogP contribution in [-0.4, -0.2) is 9.13 Å². The Morgan fingerprint density at radius 3 is 2.62 bits per heavy atom. The van der Waals surface area contributed by atoms with Crippen LogP contribution in [0.25, 0.3) is 0 Å². The van der Waals surface area contributed by atoms with Gasteiger partial charge in [-0.05, 0) is 59.2 Å². The van der Waals surface area contributed by atoms with Crippen molar-refractivity contribution in [2.45, 2.75) is 33.4 Å². The highest BCUT2D eigenvalue weighted by Crippen LogP contribution is 2.10. The number of halogens is 2. The first-order valence-corrected chi connectivity index (χ1v) is 7.76. The van der Waals surface area contributed by atoms with E-state index in [1.165, 1.54) is 16.7 Å². The van der Waals surface area contributed by atoms with E-state index < -0.39 is 0 Å². The van der Waals surface area contributed by atoms with Gasteiger partial charge in [0.15, 0.2) is 0 Å². The van der Waals surface area contributed by atoms with Gasteiger partial charge in [0.05, 0.1) is 10.1 Å². The molecular weight excluding hydrogens is 386 g/mol. The highest BCUT2D eigenvalue weighted by Gasteiger charge is 2.11. The van der Waals surface area contributed by atoms with Gasteiger partial charge in [0, 0.05) is 12.7 Å². The molecule has 0 N–H and O–H groups in total. The minimum Gasteiger partial charge on any atom is -0.299 e. The largest absolute Gasteiger partial charge is 0.331 e. The molecule has 21 heavy (non-hydrogen) atoms. The highest BCUT2D eigenvalue weighted by atomic mass is 127. The Kier molecular flexibility index (Phi) is 4.97. The predicted molar refractivity (Wildman–Crippen MR) is 88.2 cm³/mol. The molecule has 0 spiro atoms. The van der Waals surface area contributed by atoms with Gasteiger partial charge in [-0.3, -0.25) is 13.9 Å². The number of hydrogen-bond acceptors (Lipinski definition) is 2. The number of benzene rings is 1. The Morgan fingerprint density at radius 1 is 1.29 bits per heavy atom. The van der Waals surface area contributed by atoms with Crippen molar-refractivity contribution >= 4 is 22.6 Å². The predicted octanol–water partition coefficient (Wildman–Crippen LogP) is 2.52. The molecule has 0 saturated heterocycles. The van der Waals surface area contributed by atoms with E-state index in [0.717, 1.165) is 17.5 Å². The lowest BCUT2D eigenvalue weighted by molar-refractivity contribution is 0.565. The lowest BCUT2D eigenvalue weighted by atomic mass is 10.1. The molecule has 0 fully saturated rings. The Bertz CT molecular complexity index is 780. The van der Waals surface area contributed by atoms with Crippen LogP contribution < -0.4 is 11.2 Å². The molecule has 0 radical (unpaired) electrons. The number of hydrogen-bond donors (Lipinski definition) is 0. The molecule has 0 aliphatic rings. The number of aromatic nitrogens is 2. The molecule has 0 atom stereocenters. The lowest BCUT2D eigenvalue weighted by Crippen LogP contribution is -2.41. The third-order valence-corrected chi connectivity index (χ3v) is 4.03. The standard InChI is InChI=1S/C15H16FIN2O2/c1-3-6-18-9-13(17)14(20)19(15(18)21)8-11-4-5-12(16)7-10(11)2/h4-5,7,9H,3,6,8H2,1-2H3. The zero-order valence-electron chi connectivity index (χ0n) is 11.9. The topological polar surface area (TPSA) is 44.0 Å². The second kappa shape index (κ2) is 6.55. The summed E-state index contributed by atoms with van der Waals surface area (Å²) in [5.41, 5.74) is 0.852. The molecule has 1 aromatic carbocycles. The van der Waals surface area contributed by atoms with Crippen LogP contribution in [-0.2, 0) is 13.1 Å². The Hall–Kier alpha value is -1.44. The summed E-state index contributed by atoms with van der Waals surface area (Å²) >= 11 is 1.94. The van der Waals surface area contributed by atoms with Gasteiger partial charge in [0.1, 0.15) is 5.82 Å². The summed E-state index contributed by atoms with van der Waals surface area (Å²) in [5, 5.41) is 0. The fraction of sp³-hybridized carbons (Fsp3) is 0.333. The van der Waals surface area contributed by atoms with Gasteiger partial charge in [-0.1, -0.05) is 13.0 Å². The van der Waals surface area contributed by atoms with Gasteiger partial charge in [0.25, 0.3) is 5.56 Å². The van der Waals surface area contributed by atoms with Crippen molar-refractivity contribution < 1.29 is 4.39 Å². The molecule has 2 aromatic rings. The molecule has 2 rings (SSSR count). The van der Waals surface area contributed by atoms with Gasteiger partial charge in [-0.15, -0.1) is 0 Å². The lowest BCUT2D eigenvalue weighted by Gasteiger charge is -2.12. The smallest absolute Gasteiger partial charge is 0.299 e. The SMILES string of the molecule is CCCn1cc(I)c(=O)n(Cc2ccc(F)cc2C)c1=O. The zero-order valence-corrected chi connectivity index (χ0v) is 14.1. The fourth-order valence-electron chi connectivity index (χ4n) is 2.17. The van der Waals surface area contributed by atoms with Crippen LogP contribution in [0.2, 0.25) is 0 Å². The first-order chi connectivity index (χ1) is 9.93. The molecule has 0 amide bonds. The minimum atomic E-state index is -0.328. The van der Waals surface area contributed by atoms with Gasteiger partial charge < -0.3 is 0 Å². The third-order valence-electron chi connectivity index (χ3n) is 3.29. The Labute approximate surface area is 135 Å². The number of aryl methyl sites for hydroxylation is 2. The van der Waals surface area contributed by atoms with Crippen molar-refractivity contribution in [1.29, 1.82) is 0 Å². The molecule has 1 aromatic heterocycles. The summed E-state index contributed by atoms with van der Waals surface area (Å²) in [6.45, 7) is 4.46. The van der Waals surface area contributed by atoms with Crippen molar-refractivity contribution in [2.75, 3.05) is 0 Å². The van der Waals surface area contributed by atoms with E-state index in [-0.39, 0.29) is 23.6 Å². The maximum atomic E-state index is 13.1. The second-order valence-electron chi connectivity index (χ2n) is 4.92. The van der Waals surface area contributed by atoms with E-state index in [2.05, 4.69) is 0 Å². The third kappa shape index (κ3) is 3.42. The minimum absolute atomic E-state index is 0.157. The average molecular weight is 402 g/mol. The van der Waals surface area contributed by atoms with Crippen LogP contribution in [0.4, 0.5) is 4.39 Å². The molecule has 1 heterocycles. The van der Waals surface area contributed by atoms with Crippen LogP contribution in [0.15, 0.2) is 34.0 Å². The Balaban J connectivity index is 2.53. The van der Waals surface area contributed by atoms with E-state index >= 15 is 0 Å². The van der Waals surface area contributed by atoms with E-state index in [1.54, 1.807) is 23.8 Å². The molecule has 0 unspecified atom stereocenters. The first-order valence-electron chi connectivity index (χ1n) is 6.69. The van der Waals surface area contributed by atoms with Crippen molar-refractivity contribution in [2.24, 2.45) is 0 Å². The summed E-state index contributed by atoms with van der Waals surface area (Å²) < 4.78 is 16.4. The molecule has 0 bridgehead atoms. The fourth-order valence-corrected chi connectivity index (χ4v) is 2.79. The molecule has 0 saturated carbocycles. The summed E-state index contributed by atoms with van der Waals surface area (Å²) in [7, 11) is 0. The number of rotatable bonds is 4. The van der Waals surface area contributed by atoms with E-state index in [4.69, 9.17) is 0 Å². The normalized spacial score (nSPS) is 10.9. The zero-order chi connectivity index (χ0) is 15.6. The average Bonchev–Trinajstić information content (AvgIpc) is 2.43. The second-order valence-corrected chi connectivity index (χ2v) is 6.08. The maximum absolute atomic E-state index is 13.1. The van der Waals surface area contributed by atoms with Crippen LogP contribution in [0.5, 0.6) is 0 Å². The molecule has 4 nitrogen and oxygen atoms in total. The van der Waals surface area contributed by atoms with Gasteiger partial charge >= 0.3 is 5.69 Å². The van der Waals surface area contributed by atoms with Crippen molar-refractivity contribution in [1.82, 2.24) is 9.13 Å². The van der Waals surface area contributed by atoms with E-state index in [1.807, 2.05) is 29.5 Å². The van der Waals surface area contributed by atoms with Gasteiger partial charge in [0.2, 0.25) is 0 Å². The van der Waals surface area contributed by atoms with Gasteiger partial charge in [-0.2, -0.15) is 0 Å². The molecule has 0 aliphatic heterocycles. The molecule has 6 heteroatoms. The Morgan fingerprint density at radius 2 is 2.00 bits per heavy atom. The summed E-state index contributed by atoms with van der Waals surface area (Å²) in [6, 6.07) is 4.35. The summed E-state index contributed by atoms with van der Waals surface area (Å²) in [5.74, 6) is -0.324. The van der Waals surface area contributed by atoms with Crippen LogP contribution >= 0.6 is 22.6 Å². The maximum Gasteiger partial charge on any atom is 0.331 e. The van der Waals surface area contributed by atoms with Crippen LogP contribution in [0.3, 0.4) is 0 Å².